The molecule has 1 aromatic heterocycles. The van der Waals surface area contributed by atoms with Crippen molar-refractivity contribution < 1.29 is 0 Å². The van der Waals surface area contributed by atoms with Crippen LogP contribution in [0, 0.1) is 11.8 Å². The van der Waals surface area contributed by atoms with Gasteiger partial charge in [0.2, 0.25) is 0 Å². The summed E-state index contributed by atoms with van der Waals surface area (Å²) in [5.74, 6) is 6.26. The smallest absolute Gasteiger partial charge is 0.136 e. The average Bonchev–Trinajstić information content (AvgIpc) is 2.37. The summed E-state index contributed by atoms with van der Waals surface area (Å²) >= 11 is 6.04. The van der Waals surface area contributed by atoms with Crippen LogP contribution in [0.15, 0.2) is 30.5 Å². The molecule has 17 heavy (non-hydrogen) atoms. The van der Waals surface area contributed by atoms with Gasteiger partial charge >= 0.3 is 0 Å². The molecule has 1 N–H and O–H groups in total. The Morgan fingerprint density at radius 2 is 2.06 bits per heavy atom. The number of hydrogen-bond donors (Lipinski definition) is 1. The molecular weight excluding hydrogens is 232 g/mol. The predicted molar refractivity (Wildman–Crippen MR) is 72.2 cm³/mol. The van der Waals surface area contributed by atoms with Gasteiger partial charge < -0.3 is 5.32 Å². The zero-order valence-electron chi connectivity index (χ0n) is 9.63. The van der Waals surface area contributed by atoms with Gasteiger partial charge in [-0.15, -0.1) is 0 Å². The van der Waals surface area contributed by atoms with E-state index in [0.29, 0.717) is 5.15 Å². The minimum atomic E-state index is 0.529. The first-order valence-corrected chi connectivity index (χ1v) is 5.87. The third kappa shape index (κ3) is 2.76. The largest absolute Gasteiger partial charge is 0.319 e. The summed E-state index contributed by atoms with van der Waals surface area (Å²) in [6, 6.07) is 7.92. The molecule has 3 heteroatoms. The molecule has 0 saturated heterocycles. The summed E-state index contributed by atoms with van der Waals surface area (Å²) in [4.78, 5) is 4.15. The number of halogens is 1. The minimum absolute atomic E-state index is 0.529. The van der Waals surface area contributed by atoms with Gasteiger partial charge in [-0.1, -0.05) is 47.7 Å². The Morgan fingerprint density at radius 3 is 2.82 bits per heavy atom. The van der Waals surface area contributed by atoms with Crippen LogP contribution in [0.4, 0.5) is 0 Å². The topological polar surface area (TPSA) is 24.9 Å². The van der Waals surface area contributed by atoms with E-state index in [0.717, 1.165) is 29.3 Å². The highest BCUT2D eigenvalue weighted by atomic mass is 35.5. The Labute approximate surface area is 106 Å². The number of fused-ring (bicyclic) bond motifs is 1. The summed E-state index contributed by atoms with van der Waals surface area (Å²) in [5, 5.41) is 5.60. The van der Waals surface area contributed by atoms with Crippen LogP contribution in [0.1, 0.15) is 12.0 Å². The quantitative estimate of drug-likeness (QED) is 0.499. The van der Waals surface area contributed by atoms with Crippen molar-refractivity contribution in [2.24, 2.45) is 0 Å². The van der Waals surface area contributed by atoms with E-state index in [1.165, 1.54) is 0 Å². The highest BCUT2D eigenvalue weighted by molar-refractivity contribution is 6.34. The van der Waals surface area contributed by atoms with Crippen molar-refractivity contribution in [3.63, 3.8) is 0 Å². The van der Waals surface area contributed by atoms with Crippen LogP contribution < -0.4 is 5.32 Å². The predicted octanol–water partition coefficient (Wildman–Crippen LogP) is 2.85. The molecular formula is C14H13ClN2. The van der Waals surface area contributed by atoms with Crippen molar-refractivity contribution in [3.8, 4) is 11.8 Å². The number of pyridine rings is 1. The fourth-order valence-electron chi connectivity index (χ4n) is 1.60. The highest BCUT2D eigenvalue weighted by Gasteiger charge is 2.02. The number of nitrogens with zero attached hydrogens (tertiary/aromatic N) is 1. The maximum atomic E-state index is 6.04. The first-order valence-electron chi connectivity index (χ1n) is 5.49. The zero-order valence-corrected chi connectivity index (χ0v) is 10.4. The molecule has 2 aromatic rings. The van der Waals surface area contributed by atoms with Crippen molar-refractivity contribution in [3.05, 3.63) is 41.2 Å². The second kappa shape index (κ2) is 5.67. The van der Waals surface area contributed by atoms with E-state index >= 15 is 0 Å². The van der Waals surface area contributed by atoms with Crippen LogP contribution in [0.2, 0.25) is 5.15 Å². The maximum absolute atomic E-state index is 6.04. The third-order valence-electron chi connectivity index (χ3n) is 2.47. The van der Waals surface area contributed by atoms with Gasteiger partial charge in [-0.05, 0) is 7.05 Å². The monoisotopic (exact) mass is 244 g/mol. The van der Waals surface area contributed by atoms with Crippen LogP contribution >= 0.6 is 11.6 Å². The van der Waals surface area contributed by atoms with Crippen LogP contribution in [0.3, 0.4) is 0 Å². The molecule has 2 nitrogen and oxygen atoms in total. The van der Waals surface area contributed by atoms with Crippen LogP contribution in [-0.2, 0) is 0 Å². The summed E-state index contributed by atoms with van der Waals surface area (Å²) < 4.78 is 0. The van der Waals surface area contributed by atoms with Crippen molar-refractivity contribution in [2.45, 2.75) is 6.42 Å². The van der Waals surface area contributed by atoms with Crippen LogP contribution in [-0.4, -0.2) is 18.6 Å². The molecule has 0 fully saturated rings. The van der Waals surface area contributed by atoms with E-state index in [1.54, 1.807) is 6.20 Å². The molecule has 0 atom stereocenters. The SMILES string of the molecule is CNCCC#Cc1cnc(Cl)c2ccccc12. The molecule has 0 amide bonds. The van der Waals surface area contributed by atoms with Gasteiger partial charge in [0, 0.05) is 29.9 Å². The van der Waals surface area contributed by atoms with Crippen LogP contribution in [0.5, 0.6) is 0 Å². The second-order valence-electron chi connectivity index (χ2n) is 3.66. The number of benzene rings is 1. The number of aromatic nitrogens is 1. The van der Waals surface area contributed by atoms with E-state index < -0.39 is 0 Å². The number of rotatable bonds is 2. The van der Waals surface area contributed by atoms with E-state index in [-0.39, 0.29) is 0 Å². The summed E-state index contributed by atoms with van der Waals surface area (Å²) in [6.45, 7) is 0.895. The van der Waals surface area contributed by atoms with Gasteiger partial charge in [0.15, 0.2) is 0 Å². The lowest BCUT2D eigenvalue weighted by Gasteiger charge is -2.01. The van der Waals surface area contributed by atoms with Crippen LogP contribution in [0.25, 0.3) is 10.8 Å². The molecule has 0 spiro atoms. The van der Waals surface area contributed by atoms with Gasteiger partial charge in [0.05, 0.1) is 5.56 Å². The lowest BCUT2D eigenvalue weighted by atomic mass is 10.1. The van der Waals surface area contributed by atoms with Gasteiger partial charge in [-0.3, -0.25) is 0 Å². The van der Waals surface area contributed by atoms with Crippen molar-refractivity contribution in [2.75, 3.05) is 13.6 Å². The van der Waals surface area contributed by atoms with E-state index in [9.17, 15) is 0 Å². The summed E-state index contributed by atoms with van der Waals surface area (Å²) in [7, 11) is 1.92. The number of hydrogen-bond acceptors (Lipinski definition) is 2. The van der Waals surface area contributed by atoms with Gasteiger partial charge in [-0.2, -0.15) is 0 Å². The third-order valence-corrected chi connectivity index (χ3v) is 2.77. The standard InChI is InChI=1S/C14H13ClN2/c1-16-9-5-4-6-11-10-17-14(15)13-8-3-2-7-12(11)13/h2-3,7-8,10,16H,5,9H2,1H3. The lowest BCUT2D eigenvalue weighted by molar-refractivity contribution is 0.818. The fourth-order valence-corrected chi connectivity index (χ4v) is 1.82. The molecule has 2 rings (SSSR count). The molecule has 0 bridgehead atoms. The Balaban J connectivity index is 2.40. The molecule has 0 radical (unpaired) electrons. The normalized spacial score (nSPS) is 10.0. The first kappa shape index (κ1) is 11.9. The van der Waals surface area contributed by atoms with Crippen molar-refractivity contribution in [1.29, 1.82) is 0 Å². The number of nitrogens with one attached hydrogen (secondary N) is 1. The minimum Gasteiger partial charge on any atom is -0.319 e. The molecule has 0 aliphatic rings. The van der Waals surface area contributed by atoms with E-state index in [4.69, 9.17) is 11.6 Å². The Morgan fingerprint density at radius 1 is 1.29 bits per heavy atom. The Hall–Kier alpha value is -1.56. The van der Waals surface area contributed by atoms with Gasteiger partial charge in [0.1, 0.15) is 5.15 Å². The highest BCUT2D eigenvalue weighted by Crippen LogP contribution is 2.23. The first-order chi connectivity index (χ1) is 8.33. The van der Waals surface area contributed by atoms with Crippen molar-refractivity contribution in [1.82, 2.24) is 10.3 Å². The fraction of sp³-hybridized carbons (Fsp3) is 0.214. The lowest BCUT2D eigenvalue weighted by Crippen LogP contribution is -2.05. The van der Waals surface area contributed by atoms with E-state index in [2.05, 4.69) is 22.1 Å². The molecule has 1 heterocycles. The van der Waals surface area contributed by atoms with E-state index in [1.807, 2.05) is 31.3 Å². The van der Waals surface area contributed by atoms with Gasteiger partial charge in [-0.25, -0.2) is 4.98 Å². The molecule has 0 unspecified atom stereocenters. The average molecular weight is 245 g/mol. The maximum Gasteiger partial charge on any atom is 0.136 e. The molecule has 0 aliphatic heterocycles. The second-order valence-corrected chi connectivity index (χ2v) is 4.02. The Kier molecular flexibility index (Phi) is 3.98. The summed E-state index contributed by atoms with van der Waals surface area (Å²) in [5.41, 5.74) is 0.932. The molecule has 1 aromatic carbocycles. The molecule has 0 aliphatic carbocycles. The Bertz CT molecular complexity index is 582. The van der Waals surface area contributed by atoms with Gasteiger partial charge in [0.25, 0.3) is 0 Å². The van der Waals surface area contributed by atoms with Crippen molar-refractivity contribution >= 4 is 22.4 Å². The summed E-state index contributed by atoms with van der Waals surface area (Å²) in [6.07, 6.45) is 2.56. The molecule has 86 valence electrons. The molecule has 0 saturated carbocycles. The zero-order chi connectivity index (χ0) is 12.1.